The zero-order valence-corrected chi connectivity index (χ0v) is 15.1. The lowest BCUT2D eigenvalue weighted by Crippen LogP contribution is -2.10. The van der Waals surface area contributed by atoms with Crippen LogP contribution >= 0.6 is 0 Å². The maximum atomic E-state index is 11.5. The third-order valence-electron chi connectivity index (χ3n) is 4.46. The molecule has 0 spiro atoms. The Labute approximate surface area is 152 Å². The molecule has 2 atom stereocenters. The van der Waals surface area contributed by atoms with E-state index in [1.165, 1.54) is 0 Å². The lowest BCUT2D eigenvalue weighted by Gasteiger charge is -2.18. The van der Waals surface area contributed by atoms with Crippen LogP contribution in [0.5, 0.6) is 0 Å². The van der Waals surface area contributed by atoms with E-state index in [1.807, 2.05) is 51.1 Å². The Hall–Kier alpha value is -2.96. The first-order valence-corrected chi connectivity index (χ1v) is 8.63. The van der Waals surface area contributed by atoms with E-state index < -0.39 is 9.85 Å². The van der Waals surface area contributed by atoms with Crippen LogP contribution < -0.4 is 5.32 Å². The summed E-state index contributed by atoms with van der Waals surface area (Å²) in [5.74, 6) is -0.0613. The Balaban J connectivity index is 2.50. The second kappa shape index (κ2) is 8.42. The van der Waals surface area contributed by atoms with E-state index in [-0.39, 0.29) is 23.3 Å². The molecule has 0 aliphatic carbocycles. The monoisotopic (exact) mass is 357 g/mol. The van der Waals surface area contributed by atoms with E-state index in [1.54, 1.807) is 6.07 Å². The standard InChI is InChI=1S/C19H23N3O4/c1-4-8-13(2)16-11-17(19(22(25)26)12-18(16)21(23)24)20-14(3)15-9-6-5-7-10-15/h5-7,9-14,20H,4,8H2,1-3H3/t13-,14+/m0/s1. The van der Waals surface area contributed by atoms with Crippen molar-refractivity contribution < 1.29 is 9.85 Å². The molecule has 7 heteroatoms. The first kappa shape index (κ1) is 19.4. The van der Waals surface area contributed by atoms with Gasteiger partial charge in [0, 0.05) is 11.6 Å². The number of hydrogen-bond acceptors (Lipinski definition) is 5. The fourth-order valence-electron chi connectivity index (χ4n) is 3.06. The summed E-state index contributed by atoms with van der Waals surface area (Å²) in [6, 6.07) is 12.0. The van der Waals surface area contributed by atoms with Crippen molar-refractivity contribution in [3.8, 4) is 0 Å². The number of nitro groups is 2. The molecule has 7 nitrogen and oxygen atoms in total. The van der Waals surface area contributed by atoms with Crippen LogP contribution in [-0.2, 0) is 0 Å². The van der Waals surface area contributed by atoms with Crippen LogP contribution in [0.4, 0.5) is 17.1 Å². The highest BCUT2D eigenvalue weighted by molar-refractivity contribution is 5.69. The van der Waals surface area contributed by atoms with Crippen LogP contribution in [0.2, 0.25) is 0 Å². The summed E-state index contributed by atoms with van der Waals surface area (Å²) in [6.45, 7) is 5.81. The molecule has 0 heterocycles. The largest absolute Gasteiger partial charge is 0.373 e. The number of anilines is 1. The van der Waals surface area contributed by atoms with E-state index in [0.29, 0.717) is 11.3 Å². The Kier molecular flexibility index (Phi) is 6.27. The third kappa shape index (κ3) is 4.36. The SMILES string of the molecule is CCC[C@H](C)c1cc(N[C@H](C)c2ccccc2)c([N+](=O)[O-])cc1[N+](=O)[O-]. The van der Waals surface area contributed by atoms with Crippen molar-refractivity contribution in [2.45, 2.75) is 45.6 Å². The van der Waals surface area contributed by atoms with Gasteiger partial charge in [-0.15, -0.1) is 0 Å². The number of nitrogens with one attached hydrogen (secondary N) is 1. The Bertz CT molecular complexity index is 793. The maximum absolute atomic E-state index is 11.5. The summed E-state index contributed by atoms with van der Waals surface area (Å²) >= 11 is 0. The fraction of sp³-hybridized carbons (Fsp3) is 0.368. The van der Waals surface area contributed by atoms with E-state index in [2.05, 4.69) is 5.32 Å². The number of nitro benzene ring substituents is 2. The van der Waals surface area contributed by atoms with Gasteiger partial charge in [0.15, 0.2) is 0 Å². The van der Waals surface area contributed by atoms with Gasteiger partial charge in [0.25, 0.3) is 11.4 Å². The minimum Gasteiger partial charge on any atom is -0.373 e. The Morgan fingerprint density at radius 1 is 1.00 bits per heavy atom. The smallest absolute Gasteiger partial charge is 0.299 e. The Morgan fingerprint density at radius 2 is 1.62 bits per heavy atom. The summed E-state index contributed by atoms with van der Waals surface area (Å²) in [5.41, 5.74) is 1.31. The van der Waals surface area contributed by atoms with Crippen molar-refractivity contribution in [2.75, 3.05) is 5.32 Å². The van der Waals surface area contributed by atoms with Gasteiger partial charge in [0.1, 0.15) is 5.69 Å². The summed E-state index contributed by atoms with van der Waals surface area (Å²) in [5, 5.41) is 26.0. The normalized spacial score (nSPS) is 13.0. The molecule has 26 heavy (non-hydrogen) atoms. The van der Waals surface area contributed by atoms with E-state index in [0.717, 1.165) is 24.5 Å². The van der Waals surface area contributed by atoms with Gasteiger partial charge in [0.05, 0.1) is 15.9 Å². The van der Waals surface area contributed by atoms with Gasteiger partial charge in [-0.1, -0.05) is 50.6 Å². The minimum absolute atomic E-state index is 0.0613. The van der Waals surface area contributed by atoms with Crippen LogP contribution in [0.3, 0.4) is 0 Å². The van der Waals surface area contributed by atoms with Crippen molar-refractivity contribution in [2.24, 2.45) is 0 Å². The van der Waals surface area contributed by atoms with E-state index in [9.17, 15) is 20.2 Å². The van der Waals surface area contributed by atoms with Crippen molar-refractivity contribution in [1.29, 1.82) is 0 Å². The molecular weight excluding hydrogens is 334 g/mol. The van der Waals surface area contributed by atoms with E-state index >= 15 is 0 Å². The zero-order chi connectivity index (χ0) is 19.3. The molecule has 0 aliphatic rings. The second-order valence-electron chi connectivity index (χ2n) is 6.41. The summed E-state index contributed by atoms with van der Waals surface area (Å²) in [4.78, 5) is 21.8. The summed E-state index contributed by atoms with van der Waals surface area (Å²) in [6.07, 6.45) is 1.64. The van der Waals surface area contributed by atoms with Crippen LogP contribution in [0.25, 0.3) is 0 Å². The topological polar surface area (TPSA) is 98.3 Å². The van der Waals surface area contributed by atoms with Crippen LogP contribution in [-0.4, -0.2) is 9.85 Å². The quantitative estimate of drug-likeness (QED) is 0.491. The fourth-order valence-corrected chi connectivity index (χ4v) is 3.06. The van der Waals surface area contributed by atoms with Crippen molar-refractivity contribution in [1.82, 2.24) is 0 Å². The predicted molar refractivity (Wildman–Crippen MR) is 102 cm³/mol. The van der Waals surface area contributed by atoms with E-state index in [4.69, 9.17) is 0 Å². The van der Waals surface area contributed by atoms with Crippen LogP contribution in [0.1, 0.15) is 56.7 Å². The third-order valence-corrected chi connectivity index (χ3v) is 4.46. The van der Waals surface area contributed by atoms with Crippen LogP contribution in [0, 0.1) is 20.2 Å². The van der Waals surface area contributed by atoms with Crippen LogP contribution in [0.15, 0.2) is 42.5 Å². The number of rotatable bonds is 8. The van der Waals surface area contributed by atoms with Crippen molar-refractivity contribution in [3.63, 3.8) is 0 Å². The first-order valence-electron chi connectivity index (χ1n) is 8.63. The molecule has 0 unspecified atom stereocenters. The molecule has 0 amide bonds. The lowest BCUT2D eigenvalue weighted by molar-refractivity contribution is -0.394. The van der Waals surface area contributed by atoms with Gasteiger partial charge in [-0.3, -0.25) is 20.2 Å². The molecule has 0 saturated heterocycles. The number of benzene rings is 2. The average molecular weight is 357 g/mol. The maximum Gasteiger partial charge on any atom is 0.299 e. The van der Waals surface area contributed by atoms with Gasteiger partial charge in [-0.05, 0) is 30.9 Å². The molecule has 0 radical (unpaired) electrons. The highest BCUT2D eigenvalue weighted by Gasteiger charge is 2.27. The minimum atomic E-state index is -0.582. The molecular formula is C19H23N3O4. The highest BCUT2D eigenvalue weighted by atomic mass is 16.6. The summed E-state index contributed by atoms with van der Waals surface area (Å²) in [7, 11) is 0. The molecule has 2 rings (SSSR count). The molecule has 0 saturated carbocycles. The summed E-state index contributed by atoms with van der Waals surface area (Å²) < 4.78 is 0. The number of hydrogen-bond donors (Lipinski definition) is 1. The van der Waals surface area contributed by atoms with Gasteiger partial charge in [0.2, 0.25) is 0 Å². The van der Waals surface area contributed by atoms with Gasteiger partial charge >= 0.3 is 0 Å². The average Bonchev–Trinajstić information content (AvgIpc) is 2.61. The highest BCUT2D eigenvalue weighted by Crippen LogP contribution is 2.39. The number of nitrogens with zero attached hydrogens (tertiary/aromatic N) is 2. The van der Waals surface area contributed by atoms with Gasteiger partial charge in [-0.2, -0.15) is 0 Å². The molecule has 138 valence electrons. The molecule has 1 N–H and O–H groups in total. The second-order valence-corrected chi connectivity index (χ2v) is 6.41. The van der Waals surface area contributed by atoms with Gasteiger partial charge < -0.3 is 5.32 Å². The molecule has 0 aromatic heterocycles. The molecule has 0 aliphatic heterocycles. The van der Waals surface area contributed by atoms with Crippen molar-refractivity contribution in [3.05, 3.63) is 73.8 Å². The molecule has 0 fully saturated rings. The zero-order valence-electron chi connectivity index (χ0n) is 15.1. The molecule has 0 bridgehead atoms. The van der Waals surface area contributed by atoms with Gasteiger partial charge in [-0.25, -0.2) is 0 Å². The molecule has 2 aromatic carbocycles. The predicted octanol–water partition coefficient (Wildman–Crippen LogP) is 5.58. The lowest BCUT2D eigenvalue weighted by atomic mass is 9.93. The first-order chi connectivity index (χ1) is 12.3. The Morgan fingerprint density at radius 3 is 2.15 bits per heavy atom. The van der Waals surface area contributed by atoms with Crippen molar-refractivity contribution >= 4 is 17.1 Å². The molecule has 2 aromatic rings.